The molecule has 2 saturated carbocycles. The van der Waals surface area contributed by atoms with Crippen molar-refractivity contribution in [2.75, 3.05) is 12.3 Å². The lowest BCUT2D eigenvalue weighted by molar-refractivity contribution is -0.163. The van der Waals surface area contributed by atoms with E-state index in [0.717, 1.165) is 6.42 Å². The van der Waals surface area contributed by atoms with Crippen molar-refractivity contribution in [3.8, 4) is 0 Å². The van der Waals surface area contributed by atoms with E-state index in [1.807, 2.05) is 18.4 Å². The Morgan fingerprint density at radius 2 is 2.17 bits per heavy atom. The molecular formula is C15H19N5O3. The molecule has 0 aromatic carbocycles. The third-order valence-corrected chi connectivity index (χ3v) is 5.63. The first kappa shape index (κ1) is 13.6. The lowest BCUT2D eigenvalue weighted by Gasteiger charge is -2.24. The standard InChI is InChI=1S/C15H19N5O3/c1-14(2)22-10-9(7-3-15(7,4-21)11(10)23-14)20-6-19-8-12(16)17-5-18-13(8)20/h5-7,9-11,21H,3-4H2,1-2H3,(H2,16,17,18)/t7-,9?,10?,11?,15+/m1/s1. The molecule has 0 radical (unpaired) electrons. The van der Waals surface area contributed by atoms with E-state index >= 15 is 0 Å². The Balaban J connectivity index is 1.64. The highest BCUT2D eigenvalue weighted by molar-refractivity contribution is 5.81. The maximum Gasteiger partial charge on any atom is 0.165 e. The van der Waals surface area contributed by atoms with Gasteiger partial charge in [0, 0.05) is 5.41 Å². The van der Waals surface area contributed by atoms with Crippen molar-refractivity contribution >= 4 is 17.0 Å². The number of nitrogens with zero attached hydrogens (tertiary/aromatic N) is 4. The van der Waals surface area contributed by atoms with E-state index in [1.54, 1.807) is 6.33 Å². The number of anilines is 1. The largest absolute Gasteiger partial charge is 0.396 e. The third-order valence-electron chi connectivity index (χ3n) is 5.63. The number of aliphatic hydroxyl groups is 1. The van der Waals surface area contributed by atoms with Crippen LogP contribution in [0, 0.1) is 11.3 Å². The number of fused-ring (bicyclic) bond motifs is 4. The second-order valence-corrected chi connectivity index (χ2v) is 7.30. The second kappa shape index (κ2) is 4.00. The second-order valence-electron chi connectivity index (χ2n) is 7.30. The average Bonchev–Trinajstić information content (AvgIpc) is 2.78. The summed E-state index contributed by atoms with van der Waals surface area (Å²) in [6, 6.07) is 0.0354. The van der Waals surface area contributed by atoms with Crippen molar-refractivity contribution in [3.05, 3.63) is 12.7 Å². The van der Waals surface area contributed by atoms with Gasteiger partial charge in [0.1, 0.15) is 17.9 Å². The van der Waals surface area contributed by atoms with E-state index < -0.39 is 5.79 Å². The van der Waals surface area contributed by atoms with E-state index in [1.165, 1.54) is 6.33 Å². The number of rotatable bonds is 2. The van der Waals surface area contributed by atoms with E-state index in [0.29, 0.717) is 22.9 Å². The predicted molar refractivity (Wildman–Crippen MR) is 80.2 cm³/mol. The van der Waals surface area contributed by atoms with Gasteiger partial charge in [0.2, 0.25) is 0 Å². The number of ether oxygens (including phenoxy) is 2. The quantitative estimate of drug-likeness (QED) is 0.829. The number of hydrogen-bond donors (Lipinski definition) is 2. The van der Waals surface area contributed by atoms with E-state index in [2.05, 4.69) is 15.0 Å². The minimum Gasteiger partial charge on any atom is -0.396 e. The molecule has 3 aliphatic rings. The van der Waals surface area contributed by atoms with Gasteiger partial charge in [-0.2, -0.15) is 0 Å². The molecule has 3 unspecified atom stereocenters. The lowest BCUT2D eigenvalue weighted by Crippen LogP contribution is -2.33. The average molecular weight is 317 g/mol. The molecule has 3 heterocycles. The Bertz CT molecular complexity index is 806. The summed E-state index contributed by atoms with van der Waals surface area (Å²) in [7, 11) is 0. The summed E-state index contributed by atoms with van der Waals surface area (Å²) in [5, 5.41) is 9.95. The van der Waals surface area contributed by atoms with Crippen molar-refractivity contribution in [1.82, 2.24) is 19.5 Å². The zero-order chi connectivity index (χ0) is 16.0. The molecule has 5 rings (SSSR count). The fourth-order valence-corrected chi connectivity index (χ4v) is 4.56. The molecule has 23 heavy (non-hydrogen) atoms. The van der Waals surface area contributed by atoms with Crippen LogP contribution in [0.5, 0.6) is 0 Å². The molecule has 2 aromatic heterocycles. The molecule has 0 amide bonds. The van der Waals surface area contributed by atoms with Gasteiger partial charge < -0.3 is 24.9 Å². The fraction of sp³-hybridized carbons (Fsp3) is 0.667. The molecule has 8 heteroatoms. The van der Waals surface area contributed by atoms with Gasteiger partial charge >= 0.3 is 0 Å². The van der Waals surface area contributed by atoms with Gasteiger partial charge in [0.05, 0.1) is 25.1 Å². The number of aromatic nitrogens is 4. The van der Waals surface area contributed by atoms with Crippen LogP contribution in [0.25, 0.3) is 11.2 Å². The van der Waals surface area contributed by atoms with E-state index in [-0.39, 0.29) is 30.3 Å². The van der Waals surface area contributed by atoms with Gasteiger partial charge in [-0.05, 0) is 26.2 Å². The van der Waals surface area contributed by atoms with Crippen molar-refractivity contribution in [2.24, 2.45) is 11.3 Å². The molecule has 1 saturated heterocycles. The summed E-state index contributed by atoms with van der Waals surface area (Å²) in [5.74, 6) is 0.0249. The predicted octanol–water partition coefficient (Wildman–Crippen LogP) is 0.482. The first-order valence-electron chi connectivity index (χ1n) is 7.86. The molecule has 0 spiro atoms. The summed E-state index contributed by atoms with van der Waals surface area (Å²) in [6.45, 7) is 3.94. The summed E-state index contributed by atoms with van der Waals surface area (Å²) >= 11 is 0. The van der Waals surface area contributed by atoms with Crippen LogP contribution in [0.2, 0.25) is 0 Å². The Labute approximate surface area is 132 Å². The number of imidazole rings is 1. The van der Waals surface area contributed by atoms with Crippen LogP contribution < -0.4 is 5.73 Å². The minimum atomic E-state index is -0.645. The molecule has 2 aliphatic carbocycles. The van der Waals surface area contributed by atoms with Crippen LogP contribution in [-0.2, 0) is 9.47 Å². The molecule has 0 bridgehead atoms. The van der Waals surface area contributed by atoms with Crippen LogP contribution in [0.4, 0.5) is 5.82 Å². The van der Waals surface area contributed by atoms with Crippen molar-refractivity contribution in [1.29, 1.82) is 0 Å². The van der Waals surface area contributed by atoms with Gasteiger partial charge in [-0.15, -0.1) is 0 Å². The van der Waals surface area contributed by atoms with Gasteiger partial charge in [-0.1, -0.05) is 0 Å². The van der Waals surface area contributed by atoms with Gasteiger partial charge in [-0.3, -0.25) is 0 Å². The van der Waals surface area contributed by atoms with E-state index in [9.17, 15) is 5.11 Å². The smallest absolute Gasteiger partial charge is 0.165 e. The SMILES string of the molecule is CC1(C)OC2C(n3cnc4c(N)ncnc43)[C@H]3C[C@@]3(CO)C2O1. The summed E-state index contributed by atoms with van der Waals surface area (Å²) in [6.07, 6.45) is 3.90. The van der Waals surface area contributed by atoms with Gasteiger partial charge in [0.25, 0.3) is 0 Å². The molecule has 3 N–H and O–H groups in total. The first-order chi connectivity index (χ1) is 11.0. The summed E-state index contributed by atoms with van der Waals surface area (Å²) in [5.41, 5.74) is 6.99. The Morgan fingerprint density at radius 3 is 2.96 bits per heavy atom. The van der Waals surface area contributed by atoms with Crippen LogP contribution in [-0.4, -0.2) is 49.2 Å². The highest BCUT2D eigenvalue weighted by Crippen LogP contribution is 2.71. The van der Waals surface area contributed by atoms with Gasteiger partial charge in [0.15, 0.2) is 17.3 Å². The maximum absolute atomic E-state index is 9.95. The van der Waals surface area contributed by atoms with Gasteiger partial charge in [-0.25, -0.2) is 15.0 Å². The molecule has 5 atom stereocenters. The molecule has 8 nitrogen and oxygen atoms in total. The lowest BCUT2D eigenvalue weighted by atomic mass is 10.0. The maximum atomic E-state index is 9.95. The number of hydrogen-bond acceptors (Lipinski definition) is 7. The summed E-state index contributed by atoms with van der Waals surface area (Å²) in [4.78, 5) is 12.7. The molecular weight excluding hydrogens is 298 g/mol. The molecule has 1 aliphatic heterocycles. The Morgan fingerprint density at radius 1 is 1.35 bits per heavy atom. The number of nitrogens with two attached hydrogens (primary N) is 1. The topological polar surface area (TPSA) is 108 Å². The van der Waals surface area contributed by atoms with Crippen LogP contribution >= 0.6 is 0 Å². The highest BCUT2D eigenvalue weighted by atomic mass is 16.8. The van der Waals surface area contributed by atoms with Crippen molar-refractivity contribution in [3.63, 3.8) is 0 Å². The van der Waals surface area contributed by atoms with Crippen molar-refractivity contribution in [2.45, 2.75) is 44.3 Å². The minimum absolute atomic E-state index is 0.0354. The zero-order valence-corrected chi connectivity index (χ0v) is 13.0. The Kier molecular flexibility index (Phi) is 2.38. The number of nitrogen functional groups attached to an aromatic ring is 1. The van der Waals surface area contributed by atoms with Crippen LogP contribution in [0.3, 0.4) is 0 Å². The highest BCUT2D eigenvalue weighted by Gasteiger charge is 2.75. The van der Waals surface area contributed by atoms with Crippen LogP contribution in [0.1, 0.15) is 26.3 Å². The fourth-order valence-electron chi connectivity index (χ4n) is 4.56. The van der Waals surface area contributed by atoms with E-state index in [4.69, 9.17) is 15.2 Å². The summed E-state index contributed by atoms with van der Waals surface area (Å²) < 4.78 is 14.3. The molecule has 3 fully saturated rings. The normalized spacial score (nSPS) is 40.3. The third kappa shape index (κ3) is 1.58. The molecule has 122 valence electrons. The molecule has 2 aromatic rings. The Hall–Kier alpha value is -1.77. The zero-order valence-electron chi connectivity index (χ0n) is 13.0. The van der Waals surface area contributed by atoms with Crippen LogP contribution in [0.15, 0.2) is 12.7 Å². The first-order valence-corrected chi connectivity index (χ1v) is 7.86. The number of aliphatic hydroxyl groups excluding tert-OH is 1. The van der Waals surface area contributed by atoms with Crippen molar-refractivity contribution < 1.29 is 14.6 Å². The monoisotopic (exact) mass is 317 g/mol.